The van der Waals surface area contributed by atoms with Crippen LogP contribution in [0.25, 0.3) is 0 Å². The van der Waals surface area contributed by atoms with Gasteiger partial charge in [0.25, 0.3) is 0 Å². The van der Waals surface area contributed by atoms with Crippen LogP contribution >= 0.6 is 0 Å². The lowest BCUT2D eigenvalue weighted by molar-refractivity contribution is 0.000208. The summed E-state index contributed by atoms with van der Waals surface area (Å²) in [6, 6.07) is 0.678. The molecule has 19 heavy (non-hydrogen) atoms. The lowest BCUT2D eigenvalue weighted by Gasteiger charge is -2.39. The average Bonchev–Trinajstić information content (AvgIpc) is 2.88. The monoisotopic (exact) mass is 265 g/mol. The van der Waals surface area contributed by atoms with Crippen molar-refractivity contribution in [3.8, 4) is 0 Å². The van der Waals surface area contributed by atoms with Gasteiger partial charge in [-0.05, 0) is 56.8 Å². The molecule has 0 atom stereocenters. The third kappa shape index (κ3) is 3.33. The van der Waals surface area contributed by atoms with Crippen molar-refractivity contribution in [3.63, 3.8) is 0 Å². The van der Waals surface area contributed by atoms with Gasteiger partial charge in [0.2, 0.25) is 0 Å². The van der Waals surface area contributed by atoms with Crippen LogP contribution in [0.2, 0.25) is 0 Å². The topological polar surface area (TPSA) is 32.3 Å². The van der Waals surface area contributed by atoms with Crippen LogP contribution in [0, 0.1) is 5.41 Å². The van der Waals surface area contributed by atoms with E-state index in [1.807, 2.05) is 0 Å². The maximum Gasteiger partial charge on any atom is 0.0771 e. The largest absolute Gasteiger partial charge is 0.389 e. The molecular weight excluding hydrogens is 234 g/mol. The highest BCUT2D eigenvalue weighted by atomic mass is 16.3. The highest BCUT2D eigenvalue weighted by molar-refractivity contribution is 4.93. The first-order chi connectivity index (χ1) is 9.20. The molecule has 3 aliphatic rings. The summed E-state index contributed by atoms with van der Waals surface area (Å²) in [7, 11) is 0. The number of hydrogen-bond donors (Lipinski definition) is 2. The fraction of sp³-hybridized carbons (Fsp3) is 1.00. The fourth-order valence-corrected chi connectivity index (χ4v) is 4.78. The Bertz CT molecular complexity index is 280. The molecule has 0 saturated heterocycles. The predicted octanol–water partition coefficient (Wildman–Crippen LogP) is 3.77. The van der Waals surface area contributed by atoms with Crippen LogP contribution in [0.15, 0.2) is 0 Å². The summed E-state index contributed by atoms with van der Waals surface area (Å²) in [6.07, 6.45) is 17.2. The van der Waals surface area contributed by atoms with E-state index in [4.69, 9.17) is 0 Å². The molecule has 2 N–H and O–H groups in total. The second-order valence-electron chi connectivity index (χ2n) is 7.65. The summed E-state index contributed by atoms with van der Waals surface area (Å²) in [5.74, 6) is 0. The molecule has 3 saturated carbocycles. The molecule has 110 valence electrons. The molecule has 2 nitrogen and oxygen atoms in total. The number of rotatable bonds is 3. The van der Waals surface area contributed by atoms with E-state index < -0.39 is 0 Å². The maximum absolute atomic E-state index is 10.5. The van der Waals surface area contributed by atoms with Crippen LogP contribution in [0.1, 0.15) is 83.5 Å². The van der Waals surface area contributed by atoms with E-state index in [-0.39, 0.29) is 5.60 Å². The Balaban J connectivity index is 1.42. The van der Waals surface area contributed by atoms with E-state index >= 15 is 0 Å². The highest BCUT2D eigenvalue weighted by Gasteiger charge is 2.38. The van der Waals surface area contributed by atoms with Crippen LogP contribution in [-0.2, 0) is 0 Å². The summed E-state index contributed by atoms with van der Waals surface area (Å²) in [6.45, 7) is 0.838. The summed E-state index contributed by atoms with van der Waals surface area (Å²) < 4.78 is 0. The van der Waals surface area contributed by atoms with Crippen LogP contribution in [0.5, 0.6) is 0 Å². The molecule has 0 aromatic carbocycles. The third-order valence-electron chi connectivity index (χ3n) is 6.21. The van der Waals surface area contributed by atoms with Gasteiger partial charge in [-0.15, -0.1) is 0 Å². The standard InChI is InChI=1S/C17H31NO/c19-17(10-2-1-3-11-17)14-18-15-6-12-16(13-7-15)8-4-5-9-16/h15,18-19H,1-14H2. The van der Waals surface area contributed by atoms with Gasteiger partial charge >= 0.3 is 0 Å². The summed E-state index contributed by atoms with van der Waals surface area (Å²) >= 11 is 0. The predicted molar refractivity (Wildman–Crippen MR) is 79.2 cm³/mol. The van der Waals surface area contributed by atoms with E-state index in [1.54, 1.807) is 0 Å². The Morgan fingerprint density at radius 2 is 1.37 bits per heavy atom. The van der Waals surface area contributed by atoms with Gasteiger partial charge in [-0.3, -0.25) is 0 Å². The van der Waals surface area contributed by atoms with Gasteiger partial charge in [-0.2, -0.15) is 0 Å². The second kappa shape index (κ2) is 5.73. The Hall–Kier alpha value is -0.0800. The first-order valence-electron chi connectivity index (χ1n) is 8.66. The smallest absolute Gasteiger partial charge is 0.0771 e. The minimum absolute atomic E-state index is 0.388. The van der Waals surface area contributed by atoms with Crippen LogP contribution in [0.3, 0.4) is 0 Å². The van der Waals surface area contributed by atoms with E-state index in [9.17, 15) is 5.11 Å². The SMILES string of the molecule is OC1(CNC2CCC3(CCCC3)CC2)CCCCC1. The Kier molecular flexibility index (Phi) is 4.19. The lowest BCUT2D eigenvalue weighted by Crippen LogP contribution is -2.47. The van der Waals surface area contributed by atoms with Gasteiger partial charge in [-0.25, -0.2) is 0 Å². The molecule has 0 aliphatic heterocycles. The van der Waals surface area contributed by atoms with E-state index in [0.717, 1.165) is 24.8 Å². The number of nitrogens with one attached hydrogen (secondary N) is 1. The zero-order chi connectivity index (χ0) is 13.2. The van der Waals surface area contributed by atoms with Crippen molar-refractivity contribution in [2.45, 2.75) is 95.1 Å². The first kappa shape index (κ1) is 13.9. The van der Waals surface area contributed by atoms with Gasteiger partial charge in [0, 0.05) is 12.6 Å². The van der Waals surface area contributed by atoms with Crippen LogP contribution < -0.4 is 5.32 Å². The normalized spacial score (nSPS) is 30.8. The van der Waals surface area contributed by atoms with Gasteiger partial charge < -0.3 is 10.4 Å². The highest BCUT2D eigenvalue weighted by Crippen LogP contribution is 2.48. The van der Waals surface area contributed by atoms with E-state index in [2.05, 4.69) is 5.32 Å². The van der Waals surface area contributed by atoms with Crippen molar-refractivity contribution in [1.82, 2.24) is 5.32 Å². The summed E-state index contributed by atoms with van der Waals surface area (Å²) in [5, 5.41) is 14.2. The molecule has 0 heterocycles. The minimum Gasteiger partial charge on any atom is -0.389 e. The number of hydrogen-bond acceptors (Lipinski definition) is 2. The van der Waals surface area contributed by atoms with Crippen molar-refractivity contribution in [3.05, 3.63) is 0 Å². The van der Waals surface area contributed by atoms with Crippen molar-refractivity contribution >= 4 is 0 Å². The van der Waals surface area contributed by atoms with E-state index in [0.29, 0.717) is 6.04 Å². The minimum atomic E-state index is -0.388. The zero-order valence-corrected chi connectivity index (χ0v) is 12.4. The van der Waals surface area contributed by atoms with Gasteiger partial charge in [-0.1, -0.05) is 32.1 Å². The molecular formula is C17H31NO. The van der Waals surface area contributed by atoms with Crippen molar-refractivity contribution < 1.29 is 5.11 Å². The van der Waals surface area contributed by atoms with Gasteiger partial charge in [0.1, 0.15) is 0 Å². The van der Waals surface area contributed by atoms with Crippen LogP contribution in [-0.4, -0.2) is 23.3 Å². The molecule has 3 fully saturated rings. The van der Waals surface area contributed by atoms with Crippen LogP contribution in [0.4, 0.5) is 0 Å². The van der Waals surface area contributed by atoms with Crippen molar-refractivity contribution in [1.29, 1.82) is 0 Å². The average molecular weight is 265 g/mol. The Morgan fingerprint density at radius 3 is 2.00 bits per heavy atom. The van der Waals surface area contributed by atoms with Crippen molar-refractivity contribution in [2.24, 2.45) is 5.41 Å². The molecule has 0 aromatic rings. The molecule has 3 rings (SSSR count). The molecule has 1 spiro atoms. The fourth-order valence-electron chi connectivity index (χ4n) is 4.78. The van der Waals surface area contributed by atoms with E-state index in [1.165, 1.54) is 70.6 Å². The van der Waals surface area contributed by atoms with Gasteiger partial charge in [0.15, 0.2) is 0 Å². The molecule has 0 bridgehead atoms. The molecule has 0 unspecified atom stereocenters. The van der Waals surface area contributed by atoms with Crippen molar-refractivity contribution in [2.75, 3.05) is 6.54 Å². The summed E-state index contributed by atoms with van der Waals surface area (Å²) in [4.78, 5) is 0. The Labute approximate surface area is 118 Å². The third-order valence-corrected chi connectivity index (χ3v) is 6.21. The maximum atomic E-state index is 10.5. The first-order valence-corrected chi connectivity index (χ1v) is 8.66. The quantitative estimate of drug-likeness (QED) is 0.814. The molecule has 0 radical (unpaired) electrons. The second-order valence-corrected chi connectivity index (χ2v) is 7.65. The molecule has 3 aliphatic carbocycles. The summed E-state index contributed by atoms with van der Waals surface area (Å²) in [5.41, 5.74) is 0.348. The molecule has 0 aromatic heterocycles. The zero-order valence-electron chi connectivity index (χ0n) is 12.4. The molecule has 0 amide bonds. The molecule has 2 heteroatoms. The Morgan fingerprint density at radius 1 is 0.789 bits per heavy atom. The lowest BCUT2D eigenvalue weighted by atomic mass is 9.71. The number of aliphatic hydroxyl groups is 1. The van der Waals surface area contributed by atoms with Gasteiger partial charge in [0.05, 0.1) is 5.60 Å².